The van der Waals surface area contributed by atoms with Crippen molar-refractivity contribution in [1.29, 1.82) is 0 Å². The van der Waals surface area contributed by atoms with Crippen LogP contribution in [-0.2, 0) is 13.0 Å². The van der Waals surface area contributed by atoms with Crippen molar-refractivity contribution in [2.75, 3.05) is 26.2 Å². The van der Waals surface area contributed by atoms with Crippen LogP contribution in [0.5, 0.6) is 0 Å². The Kier molecular flexibility index (Phi) is 12.4. The first-order valence-corrected chi connectivity index (χ1v) is 14.2. The minimum atomic E-state index is -1.05. The van der Waals surface area contributed by atoms with Crippen LogP contribution in [0.1, 0.15) is 65.0 Å². The summed E-state index contributed by atoms with van der Waals surface area (Å²) in [5, 5.41) is 17.1. The first-order valence-electron chi connectivity index (χ1n) is 14.2. The van der Waals surface area contributed by atoms with Gasteiger partial charge in [-0.3, -0.25) is 9.59 Å². The molecule has 1 heterocycles. The van der Waals surface area contributed by atoms with Crippen molar-refractivity contribution >= 4 is 11.8 Å². The van der Waals surface area contributed by atoms with Crippen molar-refractivity contribution < 1.29 is 23.5 Å². The third-order valence-electron chi connectivity index (χ3n) is 6.70. The number of rotatable bonds is 16. The molecular formula is C31H41F2N5O3. The van der Waals surface area contributed by atoms with E-state index in [1.54, 1.807) is 35.6 Å². The second-order valence-corrected chi connectivity index (χ2v) is 10.4. The second-order valence-electron chi connectivity index (χ2n) is 10.4. The molecule has 1 aromatic heterocycles. The van der Waals surface area contributed by atoms with Gasteiger partial charge in [-0.25, -0.2) is 13.8 Å². The number of benzene rings is 2. The van der Waals surface area contributed by atoms with Crippen LogP contribution in [0.15, 0.2) is 55.1 Å². The summed E-state index contributed by atoms with van der Waals surface area (Å²) in [6.07, 6.45) is 6.71. The molecule has 3 aromatic rings. The molecule has 0 fully saturated rings. The number of aryl methyl sites for hydroxylation is 2. The molecule has 0 saturated carbocycles. The first kappa shape index (κ1) is 31.9. The fourth-order valence-electron chi connectivity index (χ4n) is 4.79. The number of imidazole rings is 1. The Labute approximate surface area is 240 Å². The van der Waals surface area contributed by atoms with Gasteiger partial charge in [-0.2, -0.15) is 0 Å². The SMILES string of the molecule is CCCN(CCC)C(=O)c1cc(C)cc(C(=O)N[C@@H](Cc2cc(F)cc(F)c2)[C@H](O)CNCCCn2ccnc2)c1. The lowest BCUT2D eigenvalue weighted by atomic mass is 9.99. The van der Waals surface area contributed by atoms with Crippen molar-refractivity contribution in [3.05, 3.63) is 89.0 Å². The zero-order valence-electron chi connectivity index (χ0n) is 24.1. The number of nitrogens with zero attached hydrogens (tertiary/aromatic N) is 3. The molecule has 2 amide bonds. The Bertz CT molecular complexity index is 1240. The number of halogens is 2. The van der Waals surface area contributed by atoms with Gasteiger partial charge in [0.1, 0.15) is 11.6 Å². The molecule has 0 aliphatic rings. The van der Waals surface area contributed by atoms with Crippen molar-refractivity contribution in [3.8, 4) is 0 Å². The number of nitrogens with one attached hydrogen (secondary N) is 2. The third-order valence-corrected chi connectivity index (χ3v) is 6.70. The van der Waals surface area contributed by atoms with Gasteiger partial charge in [-0.1, -0.05) is 13.8 Å². The van der Waals surface area contributed by atoms with Gasteiger partial charge in [-0.15, -0.1) is 0 Å². The molecule has 0 radical (unpaired) electrons. The molecule has 0 aliphatic carbocycles. The van der Waals surface area contributed by atoms with E-state index in [4.69, 9.17) is 0 Å². The van der Waals surface area contributed by atoms with Gasteiger partial charge in [0.05, 0.1) is 18.5 Å². The van der Waals surface area contributed by atoms with E-state index < -0.39 is 29.7 Å². The summed E-state index contributed by atoms with van der Waals surface area (Å²) in [7, 11) is 0. The Morgan fingerprint density at radius 1 is 1.02 bits per heavy atom. The predicted molar refractivity (Wildman–Crippen MR) is 155 cm³/mol. The van der Waals surface area contributed by atoms with Gasteiger partial charge in [0, 0.05) is 55.8 Å². The molecule has 222 valence electrons. The summed E-state index contributed by atoms with van der Waals surface area (Å²) in [6, 6.07) is 7.30. The van der Waals surface area contributed by atoms with Crippen molar-refractivity contribution in [1.82, 2.24) is 25.1 Å². The smallest absolute Gasteiger partial charge is 0.253 e. The first-order chi connectivity index (χ1) is 19.7. The molecule has 0 spiro atoms. The normalized spacial score (nSPS) is 12.6. The lowest BCUT2D eigenvalue weighted by Crippen LogP contribution is -2.49. The molecule has 0 bridgehead atoms. The summed E-state index contributed by atoms with van der Waals surface area (Å²) < 4.78 is 29.8. The highest BCUT2D eigenvalue weighted by molar-refractivity contribution is 6.00. The van der Waals surface area contributed by atoms with Crippen molar-refractivity contribution in [2.24, 2.45) is 0 Å². The van der Waals surface area contributed by atoms with Crippen LogP contribution in [-0.4, -0.2) is 69.7 Å². The van der Waals surface area contributed by atoms with Crippen LogP contribution in [0, 0.1) is 18.6 Å². The number of amides is 2. The molecule has 41 heavy (non-hydrogen) atoms. The summed E-state index contributed by atoms with van der Waals surface area (Å²) in [4.78, 5) is 32.4. The maximum Gasteiger partial charge on any atom is 0.253 e. The van der Waals surface area contributed by atoms with Crippen LogP contribution >= 0.6 is 0 Å². The minimum Gasteiger partial charge on any atom is -0.390 e. The van der Waals surface area contributed by atoms with E-state index in [0.717, 1.165) is 37.4 Å². The van der Waals surface area contributed by atoms with Gasteiger partial charge in [0.15, 0.2) is 0 Å². The highest BCUT2D eigenvalue weighted by atomic mass is 19.1. The molecular weight excluding hydrogens is 528 g/mol. The average molecular weight is 570 g/mol. The Hall–Kier alpha value is -3.63. The van der Waals surface area contributed by atoms with E-state index >= 15 is 0 Å². The van der Waals surface area contributed by atoms with E-state index in [9.17, 15) is 23.5 Å². The molecule has 0 aliphatic heterocycles. The topological polar surface area (TPSA) is 99.5 Å². The summed E-state index contributed by atoms with van der Waals surface area (Å²) in [5.41, 5.74) is 1.75. The molecule has 2 atom stereocenters. The van der Waals surface area contributed by atoms with Crippen LogP contribution in [0.3, 0.4) is 0 Å². The van der Waals surface area contributed by atoms with Gasteiger partial charge in [0.2, 0.25) is 0 Å². The number of hydrogen-bond donors (Lipinski definition) is 3. The largest absolute Gasteiger partial charge is 0.390 e. The minimum absolute atomic E-state index is 0.0106. The highest BCUT2D eigenvalue weighted by Gasteiger charge is 2.24. The Morgan fingerprint density at radius 3 is 2.34 bits per heavy atom. The molecule has 8 nitrogen and oxygen atoms in total. The number of aliphatic hydroxyl groups is 1. The van der Waals surface area contributed by atoms with E-state index in [1.165, 1.54) is 12.1 Å². The van der Waals surface area contributed by atoms with Crippen LogP contribution in [0.25, 0.3) is 0 Å². The molecule has 3 rings (SSSR count). The average Bonchev–Trinajstić information content (AvgIpc) is 3.44. The number of carbonyl (C=O) groups is 2. The second kappa shape index (κ2) is 16.0. The quantitative estimate of drug-likeness (QED) is 0.226. The maximum absolute atomic E-state index is 13.9. The zero-order chi connectivity index (χ0) is 29.8. The Balaban J connectivity index is 1.74. The standard InChI is InChI=1S/C31H41F2N5O3/c1-4-9-38(10-5-2)31(41)25-14-22(3)13-24(18-25)30(40)36-28(17-23-15-26(32)19-27(33)16-23)29(39)20-34-7-6-11-37-12-8-35-21-37/h8,12-16,18-19,21,28-29,34,39H,4-7,9-11,17,20H2,1-3H3,(H,36,40)/t28-,29+/m0/s1. The van der Waals surface area contributed by atoms with E-state index in [0.29, 0.717) is 30.8 Å². The third kappa shape index (κ3) is 10.1. The number of aliphatic hydroxyl groups excluding tert-OH is 1. The van der Waals surface area contributed by atoms with Crippen LogP contribution in [0.4, 0.5) is 8.78 Å². The highest BCUT2D eigenvalue weighted by Crippen LogP contribution is 2.16. The molecule has 2 aromatic carbocycles. The fraction of sp³-hybridized carbons (Fsp3) is 0.452. The number of hydrogen-bond acceptors (Lipinski definition) is 5. The molecule has 10 heteroatoms. The summed E-state index contributed by atoms with van der Waals surface area (Å²) in [5.74, 6) is -2.09. The van der Waals surface area contributed by atoms with Crippen LogP contribution < -0.4 is 10.6 Å². The number of carbonyl (C=O) groups excluding carboxylic acids is 2. The van der Waals surface area contributed by atoms with Crippen LogP contribution in [0.2, 0.25) is 0 Å². The van der Waals surface area contributed by atoms with Gasteiger partial charge >= 0.3 is 0 Å². The molecule has 0 saturated heterocycles. The summed E-state index contributed by atoms with van der Waals surface area (Å²) in [6.45, 7) is 8.60. The van der Waals surface area contributed by atoms with Crippen molar-refractivity contribution in [3.63, 3.8) is 0 Å². The lowest BCUT2D eigenvalue weighted by molar-refractivity contribution is 0.0755. The van der Waals surface area contributed by atoms with Gasteiger partial charge in [0.25, 0.3) is 11.8 Å². The monoisotopic (exact) mass is 569 g/mol. The Morgan fingerprint density at radius 2 is 1.71 bits per heavy atom. The molecule has 3 N–H and O–H groups in total. The van der Waals surface area contributed by atoms with Gasteiger partial charge < -0.3 is 25.2 Å². The van der Waals surface area contributed by atoms with Crippen molar-refractivity contribution in [2.45, 2.75) is 65.1 Å². The predicted octanol–water partition coefficient (Wildman–Crippen LogP) is 4.11. The van der Waals surface area contributed by atoms with Gasteiger partial charge in [-0.05, 0) is 80.6 Å². The lowest BCUT2D eigenvalue weighted by Gasteiger charge is -2.25. The fourth-order valence-corrected chi connectivity index (χ4v) is 4.79. The number of aromatic nitrogens is 2. The zero-order valence-corrected chi connectivity index (χ0v) is 24.1. The van der Waals surface area contributed by atoms with E-state index in [1.807, 2.05) is 31.5 Å². The van der Waals surface area contributed by atoms with E-state index in [-0.39, 0.29) is 24.4 Å². The maximum atomic E-state index is 13.9. The summed E-state index contributed by atoms with van der Waals surface area (Å²) >= 11 is 0. The van der Waals surface area contributed by atoms with E-state index in [2.05, 4.69) is 15.6 Å². The molecule has 0 unspecified atom stereocenters.